The van der Waals surface area contributed by atoms with Crippen molar-refractivity contribution in [3.8, 4) is 0 Å². The molecule has 0 saturated heterocycles. The molecule has 0 spiro atoms. The van der Waals surface area contributed by atoms with E-state index in [1.807, 2.05) is 6.20 Å². The minimum atomic E-state index is 0.514. The lowest BCUT2D eigenvalue weighted by molar-refractivity contribution is 0.874. The van der Waals surface area contributed by atoms with Crippen molar-refractivity contribution in [3.63, 3.8) is 0 Å². The minimum Gasteiger partial charge on any atom is -0.260 e. The summed E-state index contributed by atoms with van der Waals surface area (Å²) in [5.41, 5.74) is 3.66. The molecule has 0 fully saturated rings. The number of rotatable bonds is 1. The summed E-state index contributed by atoms with van der Waals surface area (Å²) >= 11 is 6.11. The molecule has 74 valence electrons. The van der Waals surface area contributed by atoms with Crippen LogP contribution >= 0.6 is 11.8 Å². The van der Waals surface area contributed by atoms with E-state index in [4.69, 9.17) is 11.8 Å². The fourth-order valence-corrected chi connectivity index (χ4v) is 2.03. The standard InChI is InChI=1S/C12H14ClN/c1-8(2)11-7-14(13)12-6-9(3)4-5-10(11)12/h4-8H,1-3H3. The first-order chi connectivity index (χ1) is 6.59. The van der Waals surface area contributed by atoms with Gasteiger partial charge >= 0.3 is 0 Å². The molecule has 0 aliphatic rings. The van der Waals surface area contributed by atoms with Gasteiger partial charge in [0.15, 0.2) is 0 Å². The molecule has 0 aliphatic heterocycles. The van der Waals surface area contributed by atoms with Crippen molar-refractivity contribution in [1.82, 2.24) is 4.09 Å². The molecule has 0 saturated carbocycles. The third kappa shape index (κ3) is 1.42. The second-order valence-corrected chi connectivity index (χ2v) is 4.44. The summed E-state index contributed by atoms with van der Waals surface area (Å²) in [4.78, 5) is 0. The predicted molar refractivity (Wildman–Crippen MR) is 62.0 cm³/mol. The van der Waals surface area contributed by atoms with Gasteiger partial charge in [0.1, 0.15) is 0 Å². The van der Waals surface area contributed by atoms with E-state index in [1.165, 1.54) is 16.5 Å². The van der Waals surface area contributed by atoms with Gasteiger partial charge in [-0.25, -0.2) is 0 Å². The summed E-state index contributed by atoms with van der Waals surface area (Å²) in [5, 5.41) is 1.26. The zero-order chi connectivity index (χ0) is 10.3. The molecule has 2 heteroatoms. The van der Waals surface area contributed by atoms with Crippen molar-refractivity contribution in [2.75, 3.05) is 0 Å². The van der Waals surface area contributed by atoms with Crippen molar-refractivity contribution in [1.29, 1.82) is 0 Å². The lowest BCUT2D eigenvalue weighted by atomic mass is 10.0. The molecule has 0 bridgehead atoms. The van der Waals surface area contributed by atoms with Gasteiger partial charge in [-0.2, -0.15) is 0 Å². The van der Waals surface area contributed by atoms with Gasteiger partial charge in [0.05, 0.1) is 5.52 Å². The molecule has 2 rings (SSSR count). The maximum atomic E-state index is 6.11. The Morgan fingerprint density at radius 2 is 2.00 bits per heavy atom. The minimum absolute atomic E-state index is 0.514. The van der Waals surface area contributed by atoms with E-state index < -0.39 is 0 Å². The molecule has 2 aromatic rings. The Hall–Kier alpha value is -0.950. The Balaban J connectivity index is 2.77. The van der Waals surface area contributed by atoms with E-state index in [9.17, 15) is 0 Å². The molecule has 14 heavy (non-hydrogen) atoms. The Bertz CT molecular complexity index is 468. The third-order valence-corrected chi connectivity index (χ3v) is 2.85. The number of fused-ring (bicyclic) bond motifs is 1. The summed E-state index contributed by atoms with van der Waals surface area (Å²) in [6, 6.07) is 6.40. The fraction of sp³-hybridized carbons (Fsp3) is 0.333. The molecule has 1 aromatic heterocycles. The summed E-state index contributed by atoms with van der Waals surface area (Å²) < 4.78 is 1.69. The molecule has 0 atom stereocenters. The first-order valence-electron chi connectivity index (χ1n) is 4.87. The summed E-state index contributed by atoms with van der Waals surface area (Å²) in [6.07, 6.45) is 2.01. The number of nitrogens with zero attached hydrogens (tertiary/aromatic N) is 1. The number of aryl methyl sites for hydroxylation is 1. The molecule has 0 aliphatic carbocycles. The molecule has 0 unspecified atom stereocenters. The van der Waals surface area contributed by atoms with Crippen molar-refractivity contribution in [2.24, 2.45) is 0 Å². The third-order valence-electron chi connectivity index (χ3n) is 2.57. The van der Waals surface area contributed by atoms with Crippen LogP contribution in [0.4, 0.5) is 0 Å². The number of benzene rings is 1. The highest BCUT2D eigenvalue weighted by Crippen LogP contribution is 2.28. The molecular formula is C12H14ClN. The molecular weight excluding hydrogens is 194 g/mol. The Morgan fingerprint density at radius 3 is 2.64 bits per heavy atom. The van der Waals surface area contributed by atoms with E-state index in [-0.39, 0.29) is 0 Å². The highest BCUT2D eigenvalue weighted by atomic mass is 35.5. The van der Waals surface area contributed by atoms with Crippen molar-refractivity contribution >= 4 is 22.7 Å². The first kappa shape index (κ1) is 9.60. The summed E-state index contributed by atoms with van der Waals surface area (Å²) in [6.45, 7) is 6.45. The van der Waals surface area contributed by atoms with E-state index >= 15 is 0 Å². The lowest BCUT2D eigenvalue weighted by Gasteiger charge is -2.01. The fourth-order valence-electron chi connectivity index (χ4n) is 1.78. The quantitative estimate of drug-likeness (QED) is 0.664. The average Bonchev–Trinajstić information content (AvgIpc) is 2.44. The molecule has 0 N–H and O–H groups in total. The van der Waals surface area contributed by atoms with Crippen molar-refractivity contribution in [2.45, 2.75) is 26.7 Å². The maximum Gasteiger partial charge on any atom is 0.0652 e. The largest absolute Gasteiger partial charge is 0.260 e. The monoisotopic (exact) mass is 207 g/mol. The van der Waals surface area contributed by atoms with E-state index in [0.29, 0.717) is 5.92 Å². The molecule has 1 heterocycles. The van der Waals surface area contributed by atoms with Crippen LogP contribution in [0.15, 0.2) is 24.4 Å². The molecule has 0 amide bonds. The Labute approximate surface area is 89.4 Å². The Kier molecular flexibility index (Phi) is 2.28. The van der Waals surface area contributed by atoms with Gasteiger partial charge in [-0.05, 0) is 30.0 Å². The number of halogens is 1. The maximum absolute atomic E-state index is 6.11. The van der Waals surface area contributed by atoms with Crippen molar-refractivity contribution in [3.05, 3.63) is 35.5 Å². The SMILES string of the molecule is Cc1ccc2c(C(C)C)cn(Cl)c2c1. The zero-order valence-electron chi connectivity index (χ0n) is 8.71. The molecule has 0 radical (unpaired) electrons. The van der Waals surface area contributed by atoms with Crippen LogP contribution in [0, 0.1) is 6.92 Å². The summed E-state index contributed by atoms with van der Waals surface area (Å²) in [5.74, 6) is 0.514. The Morgan fingerprint density at radius 1 is 1.29 bits per heavy atom. The van der Waals surface area contributed by atoms with Crippen LogP contribution in [0.3, 0.4) is 0 Å². The van der Waals surface area contributed by atoms with Gasteiger partial charge in [0, 0.05) is 23.4 Å². The second kappa shape index (κ2) is 3.32. The van der Waals surface area contributed by atoms with Crippen LogP contribution < -0.4 is 0 Å². The average molecular weight is 208 g/mol. The molecule has 1 aromatic carbocycles. The van der Waals surface area contributed by atoms with Crippen LogP contribution in [-0.4, -0.2) is 4.09 Å². The normalized spacial score (nSPS) is 11.5. The first-order valence-corrected chi connectivity index (χ1v) is 5.21. The van der Waals surface area contributed by atoms with Crippen LogP contribution in [-0.2, 0) is 0 Å². The zero-order valence-corrected chi connectivity index (χ0v) is 9.47. The van der Waals surface area contributed by atoms with Gasteiger partial charge < -0.3 is 0 Å². The van der Waals surface area contributed by atoms with Crippen LogP contribution in [0.2, 0.25) is 0 Å². The van der Waals surface area contributed by atoms with Crippen LogP contribution in [0.25, 0.3) is 10.9 Å². The van der Waals surface area contributed by atoms with Gasteiger partial charge in [-0.3, -0.25) is 4.09 Å². The topological polar surface area (TPSA) is 4.93 Å². The van der Waals surface area contributed by atoms with E-state index in [0.717, 1.165) is 5.52 Å². The van der Waals surface area contributed by atoms with Crippen LogP contribution in [0.5, 0.6) is 0 Å². The highest BCUT2D eigenvalue weighted by molar-refractivity contribution is 6.19. The predicted octanol–water partition coefficient (Wildman–Crippen LogP) is 4.08. The van der Waals surface area contributed by atoms with Gasteiger partial charge in [0.25, 0.3) is 0 Å². The number of hydrogen-bond acceptors (Lipinski definition) is 0. The van der Waals surface area contributed by atoms with E-state index in [2.05, 4.69) is 39.0 Å². The van der Waals surface area contributed by atoms with Gasteiger partial charge in [-0.15, -0.1) is 0 Å². The van der Waals surface area contributed by atoms with Gasteiger partial charge in [0.2, 0.25) is 0 Å². The summed E-state index contributed by atoms with van der Waals surface area (Å²) in [7, 11) is 0. The highest BCUT2D eigenvalue weighted by Gasteiger charge is 2.09. The van der Waals surface area contributed by atoms with E-state index in [1.54, 1.807) is 4.09 Å². The van der Waals surface area contributed by atoms with Crippen LogP contribution in [0.1, 0.15) is 30.9 Å². The lowest BCUT2D eigenvalue weighted by Crippen LogP contribution is -1.83. The van der Waals surface area contributed by atoms with Gasteiger partial charge in [-0.1, -0.05) is 26.0 Å². The van der Waals surface area contributed by atoms with Crippen molar-refractivity contribution < 1.29 is 0 Å². The smallest absolute Gasteiger partial charge is 0.0652 e. The number of aromatic nitrogens is 1. The second-order valence-electron chi connectivity index (χ2n) is 4.07. The number of hydrogen-bond donors (Lipinski definition) is 0. The molecule has 1 nitrogen and oxygen atoms in total.